The Morgan fingerprint density at radius 2 is 2.07 bits per heavy atom. The lowest BCUT2D eigenvalue weighted by molar-refractivity contribution is -0.134. The molecule has 3 rings (SSSR count). The average Bonchev–Trinajstić information content (AvgIpc) is 3.46. The third-order valence-electron chi connectivity index (χ3n) is 5.87. The summed E-state index contributed by atoms with van der Waals surface area (Å²) in [6.07, 6.45) is 5.82. The van der Waals surface area contributed by atoms with E-state index in [0.29, 0.717) is 31.5 Å². The molecule has 2 N–H and O–H groups in total. The van der Waals surface area contributed by atoms with E-state index in [4.69, 9.17) is 0 Å². The molecule has 0 aromatic heterocycles. The molecular formula is C21H31FN4O. The number of benzene rings is 1. The number of hydrogen-bond donors (Lipinski definition) is 2. The first-order valence-electron chi connectivity index (χ1n) is 10.0. The molecule has 1 saturated heterocycles. The maximum absolute atomic E-state index is 14.1. The van der Waals surface area contributed by atoms with Gasteiger partial charge in [-0.3, -0.25) is 9.79 Å². The van der Waals surface area contributed by atoms with Crippen LogP contribution in [0.15, 0.2) is 29.3 Å². The molecule has 1 aliphatic heterocycles. The van der Waals surface area contributed by atoms with Crippen LogP contribution in [-0.2, 0) is 10.2 Å². The van der Waals surface area contributed by atoms with Gasteiger partial charge >= 0.3 is 0 Å². The van der Waals surface area contributed by atoms with E-state index < -0.39 is 0 Å². The van der Waals surface area contributed by atoms with E-state index in [1.54, 1.807) is 13.1 Å². The van der Waals surface area contributed by atoms with Crippen LogP contribution in [0.2, 0.25) is 0 Å². The summed E-state index contributed by atoms with van der Waals surface area (Å²) in [5.41, 5.74) is 0.643. The molecular weight excluding hydrogens is 343 g/mol. The standard InChI is InChI=1S/C21H31FN4O/c1-16-7-5-6-14-26(16)19(27)10-13-24-20(23-2)25-15-21(11-12-21)17-8-3-4-9-18(17)22/h3-4,8-9,16H,5-7,10-15H2,1-2H3,(H2,23,24,25). The van der Waals surface area contributed by atoms with Crippen LogP contribution >= 0.6 is 0 Å². The molecule has 0 bridgehead atoms. The molecule has 1 saturated carbocycles. The van der Waals surface area contributed by atoms with Gasteiger partial charge in [-0.1, -0.05) is 18.2 Å². The van der Waals surface area contributed by atoms with Crippen LogP contribution in [0.1, 0.15) is 51.0 Å². The number of carbonyl (C=O) groups excluding carboxylic acids is 1. The van der Waals surface area contributed by atoms with Crippen molar-refractivity contribution in [1.29, 1.82) is 0 Å². The lowest BCUT2D eigenvalue weighted by Gasteiger charge is -2.33. The molecule has 1 heterocycles. The Morgan fingerprint density at radius 3 is 2.74 bits per heavy atom. The number of halogens is 1. The molecule has 148 valence electrons. The van der Waals surface area contributed by atoms with Gasteiger partial charge in [0.05, 0.1) is 0 Å². The summed E-state index contributed by atoms with van der Waals surface area (Å²) in [6.45, 7) is 4.19. The maximum atomic E-state index is 14.1. The van der Waals surface area contributed by atoms with Gasteiger partial charge in [0.15, 0.2) is 5.96 Å². The zero-order valence-electron chi connectivity index (χ0n) is 16.4. The Labute approximate surface area is 161 Å². The summed E-state index contributed by atoms with van der Waals surface area (Å²) < 4.78 is 14.1. The second-order valence-electron chi connectivity index (χ2n) is 7.79. The highest BCUT2D eigenvalue weighted by Crippen LogP contribution is 2.48. The highest BCUT2D eigenvalue weighted by Gasteiger charge is 2.45. The minimum absolute atomic E-state index is 0.137. The summed E-state index contributed by atoms with van der Waals surface area (Å²) >= 11 is 0. The molecule has 1 aromatic rings. The number of rotatable bonds is 6. The number of aliphatic imine (C=N–C) groups is 1. The first kappa shape index (κ1) is 19.6. The Balaban J connectivity index is 1.45. The number of nitrogens with zero attached hydrogens (tertiary/aromatic N) is 2. The zero-order valence-corrected chi connectivity index (χ0v) is 16.4. The average molecular weight is 375 g/mol. The second kappa shape index (κ2) is 8.72. The van der Waals surface area contributed by atoms with Crippen molar-refractivity contribution in [3.05, 3.63) is 35.6 Å². The molecule has 0 spiro atoms. The molecule has 0 radical (unpaired) electrons. The van der Waals surface area contributed by atoms with E-state index in [0.717, 1.165) is 37.8 Å². The lowest BCUT2D eigenvalue weighted by Crippen LogP contribution is -2.45. The fraction of sp³-hybridized carbons (Fsp3) is 0.619. The van der Waals surface area contributed by atoms with E-state index in [9.17, 15) is 9.18 Å². The molecule has 2 fully saturated rings. The van der Waals surface area contributed by atoms with E-state index >= 15 is 0 Å². The van der Waals surface area contributed by atoms with Crippen LogP contribution in [0.4, 0.5) is 4.39 Å². The number of likely N-dealkylation sites (tertiary alicyclic amines) is 1. The van der Waals surface area contributed by atoms with Crippen LogP contribution in [0.5, 0.6) is 0 Å². The molecule has 1 aliphatic carbocycles. The number of guanidine groups is 1. The van der Waals surface area contributed by atoms with E-state index in [1.165, 1.54) is 12.5 Å². The predicted molar refractivity (Wildman–Crippen MR) is 106 cm³/mol. The van der Waals surface area contributed by atoms with Gasteiger partial charge in [0.1, 0.15) is 5.82 Å². The van der Waals surface area contributed by atoms with Gasteiger partial charge in [-0.05, 0) is 50.7 Å². The summed E-state index contributed by atoms with van der Waals surface area (Å²) in [5.74, 6) is 0.730. The SMILES string of the molecule is CN=C(NCCC(=O)N1CCCCC1C)NCC1(c2ccccc2F)CC1. The summed E-state index contributed by atoms with van der Waals surface area (Å²) in [7, 11) is 1.71. The van der Waals surface area contributed by atoms with Crippen molar-refractivity contribution in [2.45, 2.75) is 56.9 Å². The Morgan fingerprint density at radius 1 is 1.30 bits per heavy atom. The number of carbonyl (C=O) groups is 1. The van der Waals surface area contributed by atoms with Crippen molar-refractivity contribution in [2.24, 2.45) is 4.99 Å². The minimum atomic E-state index is -0.138. The third kappa shape index (κ3) is 4.79. The van der Waals surface area contributed by atoms with Crippen molar-refractivity contribution in [1.82, 2.24) is 15.5 Å². The van der Waals surface area contributed by atoms with E-state index in [-0.39, 0.29) is 17.1 Å². The maximum Gasteiger partial charge on any atom is 0.224 e. The van der Waals surface area contributed by atoms with Gasteiger partial charge in [-0.25, -0.2) is 4.39 Å². The molecule has 1 aromatic carbocycles. The minimum Gasteiger partial charge on any atom is -0.356 e. The molecule has 2 aliphatic rings. The van der Waals surface area contributed by atoms with Crippen molar-refractivity contribution >= 4 is 11.9 Å². The topological polar surface area (TPSA) is 56.7 Å². The summed E-state index contributed by atoms with van der Waals surface area (Å²) in [6, 6.07) is 7.36. The van der Waals surface area contributed by atoms with Crippen molar-refractivity contribution < 1.29 is 9.18 Å². The summed E-state index contributed by atoms with van der Waals surface area (Å²) in [4.78, 5) is 18.6. The quantitative estimate of drug-likeness (QED) is 0.595. The van der Waals surface area contributed by atoms with Crippen molar-refractivity contribution in [3.8, 4) is 0 Å². The second-order valence-corrected chi connectivity index (χ2v) is 7.79. The molecule has 1 unspecified atom stereocenters. The number of nitrogens with one attached hydrogen (secondary N) is 2. The summed E-state index contributed by atoms with van der Waals surface area (Å²) in [5, 5.41) is 6.53. The molecule has 1 atom stereocenters. The van der Waals surface area contributed by atoms with Crippen LogP contribution in [0, 0.1) is 5.82 Å². The third-order valence-corrected chi connectivity index (χ3v) is 5.87. The van der Waals surface area contributed by atoms with Gasteiger partial charge in [-0.2, -0.15) is 0 Å². The smallest absolute Gasteiger partial charge is 0.224 e. The number of hydrogen-bond acceptors (Lipinski definition) is 2. The van der Waals surface area contributed by atoms with Gasteiger partial charge in [0, 0.05) is 44.6 Å². The first-order valence-corrected chi connectivity index (χ1v) is 10.0. The van der Waals surface area contributed by atoms with Crippen molar-refractivity contribution in [3.63, 3.8) is 0 Å². The Kier molecular flexibility index (Phi) is 6.34. The van der Waals surface area contributed by atoms with Crippen LogP contribution in [-0.4, -0.2) is 49.5 Å². The first-order chi connectivity index (χ1) is 13.1. The van der Waals surface area contributed by atoms with Crippen LogP contribution in [0.3, 0.4) is 0 Å². The van der Waals surface area contributed by atoms with Crippen molar-refractivity contribution in [2.75, 3.05) is 26.7 Å². The zero-order chi connectivity index (χ0) is 19.3. The van der Waals surface area contributed by atoms with Gasteiger partial charge in [0.2, 0.25) is 5.91 Å². The molecule has 1 amide bonds. The number of amides is 1. The van der Waals surface area contributed by atoms with Crippen LogP contribution in [0.25, 0.3) is 0 Å². The molecule has 6 heteroatoms. The fourth-order valence-corrected chi connectivity index (χ4v) is 3.96. The van der Waals surface area contributed by atoms with Gasteiger partial charge in [0.25, 0.3) is 0 Å². The van der Waals surface area contributed by atoms with Gasteiger partial charge in [-0.15, -0.1) is 0 Å². The molecule has 5 nitrogen and oxygen atoms in total. The highest BCUT2D eigenvalue weighted by molar-refractivity contribution is 5.81. The number of piperidine rings is 1. The molecule has 27 heavy (non-hydrogen) atoms. The fourth-order valence-electron chi connectivity index (χ4n) is 3.96. The van der Waals surface area contributed by atoms with E-state index in [1.807, 2.05) is 17.0 Å². The highest BCUT2D eigenvalue weighted by atomic mass is 19.1. The van der Waals surface area contributed by atoms with Crippen LogP contribution < -0.4 is 10.6 Å². The van der Waals surface area contributed by atoms with E-state index in [2.05, 4.69) is 22.5 Å². The normalized spacial score (nSPS) is 21.7. The predicted octanol–water partition coefficient (Wildman–Crippen LogP) is 2.81. The Bertz CT molecular complexity index is 687. The largest absolute Gasteiger partial charge is 0.356 e. The van der Waals surface area contributed by atoms with Gasteiger partial charge < -0.3 is 15.5 Å². The monoisotopic (exact) mass is 374 g/mol. The Hall–Kier alpha value is -2.11. The lowest BCUT2D eigenvalue weighted by atomic mass is 9.95.